The van der Waals surface area contributed by atoms with E-state index in [1.54, 1.807) is 0 Å². The summed E-state index contributed by atoms with van der Waals surface area (Å²) >= 11 is 0. The van der Waals surface area contributed by atoms with Gasteiger partial charge in [-0.05, 0) is 39.2 Å². The lowest BCUT2D eigenvalue weighted by atomic mass is 10.3. The highest BCUT2D eigenvalue weighted by Crippen LogP contribution is 2.30. The number of hydrogen-bond donors (Lipinski definition) is 1. The summed E-state index contributed by atoms with van der Waals surface area (Å²) < 4.78 is 0. The Labute approximate surface area is 103 Å². The summed E-state index contributed by atoms with van der Waals surface area (Å²) in [6.07, 6.45) is 4.57. The molecule has 17 heavy (non-hydrogen) atoms. The van der Waals surface area contributed by atoms with Gasteiger partial charge in [-0.3, -0.25) is 0 Å². The van der Waals surface area contributed by atoms with Gasteiger partial charge in [-0.25, -0.2) is 9.97 Å². The van der Waals surface area contributed by atoms with Crippen LogP contribution in [-0.2, 0) is 6.42 Å². The average molecular weight is 234 g/mol. The monoisotopic (exact) mass is 234 g/mol. The van der Waals surface area contributed by atoms with Crippen molar-refractivity contribution < 1.29 is 0 Å². The summed E-state index contributed by atoms with van der Waals surface area (Å²) in [5, 5.41) is 0. The summed E-state index contributed by atoms with van der Waals surface area (Å²) in [5.74, 6) is 1.96. The van der Waals surface area contributed by atoms with Crippen molar-refractivity contribution >= 4 is 5.82 Å². The molecule has 0 aromatic carbocycles. The predicted octanol–water partition coefficient (Wildman–Crippen LogP) is 1.67. The summed E-state index contributed by atoms with van der Waals surface area (Å²) in [4.78, 5) is 11.4. The minimum Gasteiger partial charge on any atom is -0.353 e. The first kappa shape index (κ1) is 12.3. The van der Waals surface area contributed by atoms with Crippen LogP contribution in [-0.4, -0.2) is 29.1 Å². The largest absolute Gasteiger partial charge is 0.353 e. The Morgan fingerprint density at radius 1 is 1.41 bits per heavy atom. The minimum atomic E-state index is 0.681. The smallest absolute Gasteiger partial charge is 0.132 e. The summed E-state index contributed by atoms with van der Waals surface area (Å²) in [6, 6.07) is 2.81. The summed E-state index contributed by atoms with van der Waals surface area (Å²) in [7, 11) is 0. The Balaban J connectivity index is 2.18. The van der Waals surface area contributed by atoms with E-state index in [0.717, 1.165) is 43.3 Å². The van der Waals surface area contributed by atoms with Crippen molar-refractivity contribution in [3.63, 3.8) is 0 Å². The SMILES string of the molecule is CCc1cc(N(CCCN)C2CC2)nc(C)n1. The number of nitrogens with two attached hydrogens (primary N) is 1. The van der Waals surface area contributed by atoms with E-state index in [-0.39, 0.29) is 0 Å². The normalized spacial score (nSPS) is 15.0. The van der Waals surface area contributed by atoms with Gasteiger partial charge in [0, 0.05) is 24.3 Å². The van der Waals surface area contributed by atoms with Crippen molar-refractivity contribution in [3.05, 3.63) is 17.6 Å². The maximum Gasteiger partial charge on any atom is 0.132 e. The molecule has 94 valence electrons. The lowest BCUT2D eigenvalue weighted by Crippen LogP contribution is -2.29. The van der Waals surface area contributed by atoms with Crippen LogP contribution in [0.1, 0.15) is 37.7 Å². The van der Waals surface area contributed by atoms with Gasteiger partial charge >= 0.3 is 0 Å². The Morgan fingerprint density at radius 2 is 2.18 bits per heavy atom. The molecule has 1 aliphatic rings. The van der Waals surface area contributed by atoms with Crippen LogP contribution in [0.3, 0.4) is 0 Å². The fraction of sp³-hybridized carbons (Fsp3) is 0.692. The van der Waals surface area contributed by atoms with E-state index in [1.165, 1.54) is 12.8 Å². The Hall–Kier alpha value is -1.16. The zero-order chi connectivity index (χ0) is 12.3. The molecule has 1 heterocycles. The van der Waals surface area contributed by atoms with Crippen LogP contribution in [0.4, 0.5) is 5.82 Å². The fourth-order valence-corrected chi connectivity index (χ4v) is 2.07. The van der Waals surface area contributed by atoms with Crippen molar-refractivity contribution in [2.75, 3.05) is 18.0 Å². The first-order valence-electron chi connectivity index (χ1n) is 6.56. The first-order valence-corrected chi connectivity index (χ1v) is 6.56. The van der Waals surface area contributed by atoms with Crippen molar-refractivity contribution in [2.24, 2.45) is 5.73 Å². The van der Waals surface area contributed by atoms with E-state index in [9.17, 15) is 0 Å². The third-order valence-electron chi connectivity index (χ3n) is 3.12. The van der Waals surface area contributed by atoms with Gasteiger partial charge in [0.1, 0.15) is 11.6 Å². The quantitative estimate of drug-likeness (QED) is 0.813. The lowest BCUT2D eigenvalue weighted by Gasteiger charge is -2.23. The molecule has 0 radical (unpaired) electrons. The number of aryl methyl sites for hydroxylation is 2. The molecule has 0 aliphatic heterocycles. The highest BCUT2D eigenvalue weighted by Gasteiger charge is 2.29. The molecule has 1 aromatic heterocycles. The van der Waals surface area contributed by atoms with Crippen LogP contribution in [0.25, 0.3) is 0 Å². The van der Waals surface area contributed by atoms with Gasteiger partial charge in [0.15, 0.2) is 0 Å². The van der Waals surface area contributed by atoms with Crippen molar-refractivity contribution in [3.8, 4) is 0 Å². The number of nitrogens with zero attached hydrogens (tertiary/aromatic N) is 3. The van der Waals surface area contributed by atoms with Crippen LogP contribution in [0, 0.1) is 6.92 Å². The third-order valence-corrected chi connectivity index (χ3v) is 3.12. The molecule has 2 rings (SSSR count). The van der Waals surface area contributed by atoms with Gasteiger partial charge in [0.2, 0.25) is 0 Å². The highest BCUT2D eigenvalue weighted by atomic mass is 15.2. The second kappa shape index (κ2) is 5.45. The molecule has 4 nitrogen and oxygen atoms in total. The Morgan fingerprint density at radius 3 is 2.76 bits per heavy atom. The molecular weight excluding hydrogens is 212 g/mol. The van der Waals surface area contributed by atoms with E-state index >= 15 is 0 Å². The molecule has 0 spiro atoms. The topological polar surface area (TPSA) is 55.0 Å². The average Bonchev–Trinajstić information content (AvgIpc) is 3.13. The zero-order valence-corrected chi connectivity index (χ0v) is 10.8. The van der Waals surface area contributed by atoms with Crippen LogP contribution in [0.2, 0.25) is 0 Å². The molecule has 1 saturated carbocycles. The number of rotatable bonds is 6. The second-order valence-corrected chi connectivity index (χ2v) is 4.69. The molecule has 0 atom stereocenters. The van der Waals surface area contributed by atoms with Gasteiger partial charge in [-0.1, -0.05) is 6.92 Å². The number of aromatic nitrogens is 2. The Bertz CT molecular complexity index is 374. The molecule has 2 N–H and O–H groups in total. The molecular formula is C13H22N4. The minimum absolute atomic E-state index is 0.681. The highest BCUT2D eigenvalue weighted by molar-refractivity contribution is 5.42. The predicted molar refractivity (Wildman–Crippen MR) is 70.2 cm³/mol. The van der Waals surface area contributed by atoms with Gasteiger partial charge in [0.05, 0.1) is 0 Å². The molecule has 0 unspecified atom stereocenters. The zero-order valence-electron chi connectivity index (χ0n) is 10.8. The maximum atomic E-state index is 5.60. The molecule has 0 amide bonds. The van der Waals surface area contributed by atoms with E-state index in [2.05, 4.69) is 27.9 Å². The van der Waals surface area contributed by atoms with Crippen molar-refractivity contribution in [1.82, 2.24) is 9.97 Å². The molecule has 0 saturated heterocycles. The second-order valence-electron chi connectivity index (χ2n) is 4.69. The molecule has 0 bridgehead atoms. The third kappa shape index (κ3) is 3.16. The molecule has 1 aromatic rings. The van der Waals surface area contributed by atoms with Gasteiger partial charge in [-0.2, -0.15) is 0 Å². The van der Waals surface area contributed by atoms with Crippen molar-refractivity contribution in [2.45, 2.75) is 45.6 Å². The fourth-order valence-electron chi connectivity index (χ4n) is 2.07. The van der Waals surface area contributed by atoms with Gasteiger partial charge in [0.25, 0.3) is 0 Å². The maximum absolute atomic E-state index is 5.60. The molecule has 1 fully saturated rings. The number of hydrogen-bond acceptors (Lipinski definition) is 4. The summed E-state index contributed by atoms with van der Waals surface area (Å²) in [6.45, 7) is 5.86. The molecule has 4 heteroatoms. The van der Waals surface area contributed by atoms with Gasteiger partial charge in [-0.15, -0.1) is 0 Å². The van der Waals surface area contributed by atoms with Crippen LogP contribution >= 0.6 is 0 Å². The van der Waals surface area contributed by atoms with Crippen molar-refractivity contribution in [1.29, 1.82) is 0 Å². The first-order chi connectivity index (χ1) is 8.24. The standard InChI is InChI=1S/C13H22N4/c1-3-11-9-13(16-10(2)15-11)17(8-4-7-14)12-5-6-12/h9,12H,3-8,14H2,1-2H3. The molecule has 1 aliphatic carbocycles. The van der Waals surface area contributed by atoms with Crippen LogP contribution in [0.5, 0.6) is 0 Å². The van der Waals surface area contributed by atoms with E-state index in [0.29, 0.717) is 6.04 Å². The Kier molecular flexibility index (Phi) is 3.94. The van der Waals surface area contributed by atoms with Crippen LogP contribution < -0.4 is 10.6 Å². The van der Waals surface area contributed by atoms with E-state index < -0.39 is 0 Å². The van der Waals surface area contributed by atoms with Gasteiger partial charge < -0.3 is 10.6 Å². The van der Waals surface area contributed by atoms with E-state index in [1.807, 2.05) is 6.92 Å². The van der Waals surface area contributed by atoms with Crippen LogP contribution in [0.15, 0.2) is 6.07 Å². The summed E-state index contributed by atoms with van der Waals surface area (Å²) in [5.41, 5.74) is 6.73. The lowest BCUT2D eigenvalue weighted by molar-refractivity contribution is 0.717. The van der Waals surface area contributed by atoms with E-state index in [4.69, 9.17) is 5.73 Å². The number of anilines is 1.